The maximum Gasteiger partial charge on any atom is 0.234 e. The van der Waals surface area contributed by atoms with E-state index in [-0.39, 0.29) is 12.0 Å². The predicted molar refractivity (Wildman–Crippen MR) is 89.6 cm³/mol. The molecule has 1 aliphatic rings. The molecule has 0 radical (unpaired) electrons. The number of nitrogens with zero attached hydrogens (tertiary/aromatic N) is 2. The van der Waals surface area contributed by atoms with Crippen LogP contribution in [0, 0.1) is 0 Å². The standard InChI is InChI=1S/C17H27N3O3/c1-19(2)11-15-12-20(8-9-23-15)13-17(21)18-10-14-6-4-5-7-16(14)22-3/h4-7,15H,8-13H2,1-3H3,(H,18,21)/t15-/m1/s1. The number of carbonyl (C=O) groups excluding carboxylic acids is 1. The van der Waals surface area contributed by atoms with Crippen LogP contribution in [-0.4, -0.2) is 75.8 Å². The number of amides is 1. The largest absolute Gasteiger partial charge is 0.496 e. The molecule has 1 saturated heterocycles. The Bertz CT molecular complexity index is 508. The number of benzene rings is 1. The molecule has 128 valence electrons. The molecule has 0 unspecified atom stereocenters. The normalized spacial score (nSPS) is 18.9. The van der Waals surface area contributed by atoms with Crippen molar-refractivity contribution in [1.29, 1.82) is 0 Å². The number of ether oxygens (including phenoxy) is 2. The second-order valence-corrected chi connectivity index (χ2v) is 6.08. The van der Waals surface area contributed by atoms with E-state index in [9.17, 15) is 4.79 Å². The second-order valence-electron chi connectivity index (χ2n) is 6.08. The second kappa shape index (κ2) is 8.86. The number of carbonyl (C=O) groups is 1. The smallest absolute Gasteiger partial charge is 0.234 e. The van der Waals surface area contributed by atoms with E-state index >= 15 is 0 Å². The van der Waals surface area contributed by atoms with Crippen molar-refractivity contribution in [1.82, 2.24) is 15.1 Å². The Balaban J connectivity index is 1.78. The maximum absolute atomic E-state index is 12.2. The topological polar surface area (TPSA) is 54.0 Å². The number of hydrogen-bond donors (Lipinski definition) is 1. The van der Waals surface area contributed by atoms with Gasteiger partial charge in [-0.05, 0) is 20.2 Å². The number of nitrogens with one attached hydrogen (secondary N) is 1. The summed E-state index contributed by atoms with van der Waals surface area (Å²) in [4.78, 5) is 16.4. The molecule has 0 saturated carbocycles. The average Bonchev–Trinajstić information content (AvgIpc) is 2.53. The van der Waals surface area contributed by atoms with Gasteiger partial charge >= 0.3 is 0 Å². The van der Waals surface area contributed by atoms with E-state index in [4.69, 9.17) is 9.47 Å². The lowest BCUT2D eigenvalue weighted by Crippen LogP contribution is -2.49. The van der Waals surface area contributed by atoms with E-state index in [1.54, 1.807) is 7.11 Å². The molecule has 0 spiro atoms. The summed E-state index contributed by atoms with van der Waals surface area (Å²) in [5.41, 5.74) is 0.982. The first kappa shape index (κ1) is 17.7. The summed E-state index contributed by atoms with van der Waals surface area (Å²) in [5.74, 6) is 0.826. The molecule has 0 aliphatic carbocycles. The zero-order chi connectivity index (χ0) is 16.7. The number of para-hydroxylation sites is 1. The molecular formula is C17H27N3O3. The van der Waals surface area contributed by atoms with Gasteiger partial charge in [0, 0.05) is 31.7 Å². The molecule has 1 fully saturated rings. The van der Waals surface area contributed by atoms with Gasteiger partial charge in [-0.15, -0.1) is 0 Å². The molecule has 23 heavy (non-hydrogen) atoms. The fourth-order valence-corrected chi connectivity index (χ4v) is 2.74. The van der Waals surface area contributed by atoms with Crippen LogP contribution in [-0.2, 0) is 16.1 Å². The summed E-state index contributed by atoms with van der Waals surface area (Å²) in [6.45, 7) is 4.03. The number of methoxy groups -OCH3 is 1. The van der Waals surface area contributed by atoms with Gasteiger partial charge < -0.3 is 19.7 Å². The lowest BCUT2D eigenvalue weighted by molar-refractivity contribution is -0.124. The van der Waals surface area contributed by atoms with Gasteiger partial charge in [0.1, 0.15) is 5.75 Å². The van der Waals surface area contributed by atoms with Gasteiger partial charge in [-0.2, -0.15) is 0 Å². The lowest BCUT2D eigenvalue weighted by Gasteiger charge is -2.33. The molecule has 0 aromatic heterocycles. The third-order valence-electron chi connectivity index (χ3n) is 3.83. The molecule has 1 heterocycles. The highest BCUT2D eigenvalue weighted by atomic mass is 16.5. The van der Waals surface area contributed by atoms with Crippen LogP contribution in [0.25, 0.3) is 0 Å². The fraction of sp³-hybridized carbons (Fsp3) is 0.588. The molecule has 6 nitrogen and oxygen atoms in total. The maximum atomic E-state index is 12.2. The summed E-state index contributed by atoms with van der Waals surface area (Å²) in [5, 5.41) is 2.96. The Morgan fingerprint density at radius 2 is 2.22 bits per heavy atom. The molecule has 2 rings (SSSR count). The van der Waals surface area contributed by atoms with Crippen LogP contribution < -0.4 is 10.1 Å². The van der Waals surface area contributed by atoms with E-state index in [2.05, 4.69) is 15.1 Å². The molecule has 1 atom stereocenters. The number of hydrogen-bond acceptors (Lipinski definition) is 5. The zero-order valence-corrected chi connectivity index (χ0v) is 14.2. The Labute approximate surface area is 138 Å². The quantitative estimate of drug-likeness (QED) is 0.796. The minimum atomic E-state index is 0.0291. The SMILES string of the molecule is COc1ccccc1CNC(=O)CN1CCO[C@H](CN(C)C)C1. The summed E-state index contributed by atoms with van der Waals surface area (Å²) in [6.07, 6.45) is 0.167. The van der Waals surface area contributed by atoms with Crippen LogP contribution in [0.1, 0.15) is 5.56 Å². The molecule has 1 aromatic carbocycles. The van der Waals surface area contributed by atoms with Crippen LogP contribution in [0.5, 0.6) is 5.75 Å². The first-order valence-electron chi connectivity index (χ1n) is 7.95. The van der Waals surface area contributed by atoms with Gasteiger partial charge in [0.15, 0.2) is 0 Å². The zero-order valence-electron chi connectivity index (χ0n) is 14.2. The molecule has 0 bridgehead atoms. The van der Waals surface area contributed by atoms with Crippen molar-refractivity contribution >= 4 is 5.91 Å². The van der Waals surface area contributed by atoms with Gasteiger partial charge in [-0.1, -0.05) is 18.2 Å². The Morgan fingerprint density at radius 1 is 1.43 bits per heavy atom. The van der Waals surface area contributed by atoms with Crippen molar-refractivity contribution in [3.05, 3.63) is 29.8 Å². The predicted octanol–water partition coefficient (Wildman–Crippen LogP) is 0.574. The molecule has 1 aromatic rings. The summed E-state index contributed by atoms with van der Waals surface area (Å²) < 4.78 is 11.0. The average molecular weight is 321 g/mol. The van der Waals surface area contributed by atoms with Gasteiger partial charge in [0.05, 0.1) is 26.4 Å². The van der Waals surface area contributed by atoms with E-state index < -0.39 is 0 Å². The van der Waals surface area contributed by atoms with Crippen molar-refractivity contribution in [3.8, 4) is 5.75 Å². The van der Waals surface area contributed by atoms with Crippen LogP contribution in [0.3, 0.4) is 0 Å². The van der Waals surface area contributed by atoms with Gasteiger partial charge in [0.25, 0.3) is 0 Å². The van der Waals surface area contributed by atoms with E-state index in [0.29, 0.717) is 19.7 Å². The van der Waals surface area contributed by atoms with Crippen LogP contribution in [0.2, 0.25) is 0 Å². The molecule has 1 N–H and O–H groups in total. The number of morpholine rings is 1. The Hall–Kier alpha value is -1.63. The van der Waals surface area contributed by atoms with E-state index in [0.717, 1.165) is 30.9 Å². The van der Waals surface area contributed by atoms with E-state index in [1.165, 1.54) is 0 Å². The van der Waals surface area contributed by atoms with Crippen molar-refractivity contribution in [2.45, 2.75) is 12.6 Å². The first-order chi connectivity index (χ1) is 11.1. The molecule has 6 heteroatoms. The third kappa shape index (κ3) is 5.82. The summed E-state index contributed by atoms with van der Waals surface area (Å²) >= 11 is 0. The Morgan fingerprint density at radius 3 is 2.96 bits per heavy atom. The monoisotopic (exact) mass is 321 g/mol. The third-order valence-corrected chi connectivity index (χ3v) is 3.83. The van der Waals surface area contributed by atoms with Crippen molar-refractivity contribution < 1.29 is 14.3 Å². The van der Waals surface area contributed by atoms with Crippen molar-refractivity contribution in [3.63, 3.8) is 0 Å². The summed E-state index contributed by atoms with van der Waals surface area (Å²) in [7, 11) is 5.70. The minimum Gasteiger partial charge on any atom is -0.496 e. The summed E-state index contributed by atoms with van der Waals surface area (Å²) in [6, 6.07) is 7.72. The highest BCUT2D eigenvalue weighted by Crippen LogP contribution is 2.16. The number of rotatable bonds is 7. The molecule has 1 amide bonds. The van der Waals surface area contributed by atoms with Crippen molar-refractivity contribution in [2.75, 3.05) is 54.0 Å². The van der Waals surface area contributed by atoms with E-state index in [1.807, 2.05) is 38.4 Å². The van der Waals surface area contributed by atoms with Crippen LogP contribution >= 0.6 is 0 Å². The lowest BCUT2D eigenvalue weighted by atomic mass is 10.2. The fourth-order valence-electron chi connectivity index (χ4n) is 2.74. The van der Waals surface area contributed by atoms with Crippen molar-refractivity contribution in [2.24, 2.45) is 0 Å². The van der Waals surface area contributed by atoms with Gasteiger partial charge in [-0.3, -0.25) is 9.69 Å². The number of likely N-dealkylation sites (N-methyl/N-ethyl adjacent to an activating group) is 1. The molecule has 1 aliphatic heterocycles. The molecular weight excluding hydrogens is 294 g/mol. The highest BCUT2D eigenvalue weighted by Gasteiger charge is 2.22. The van der Waals surface area contributed by atoms with Crippen LogP contribution in [0.15, 0.2) is 24.3 Å². The van der Waals surface area contributed by atoms with Crippen LogP contribution in [0.4, 0.5) is 0 Å². The van der Waals surface area contributed by atoms with Gasteiger partial charge in [-0.25, -0.2) is 0 Å². The highest BCUT2D eigenvalue weighted by molar-refractivity contribution is 5.78. The van der Waals surface area contributed by atoms with Gasteiger partial charge in [0.2, 0.25) is 5.91 Å². The Kier molecular flexibility index (Phi) is 6.83. The first-order valence-corrected chi connectivity index (χ1v) is 7.95. The minimum absolute atomic E-state index is 0.0291.